The van der Waals surface area contributed by atoms with Gasteiger partial charge in [0.25, 0.3) is 5.91 Å². The number of ether oxygens (including phenoxy) is 1. The number of benzene rings is 2. The van der Waals surface area contributed by atoms with Crippen LogP contribution in [0.1, 0.15) is 41.9 Å². The largest absolute Gasteiger partial charge is 0.497 e. The maximum atomic E-state index is 13.7. The van der Waals surface area contributed by atoms with Crippen LogP contribution in [0.5, 0.6) is 5.75 Å². The van der Waals surface area contributed by atoms with Crippen LogP contribution in [0.4, 0.5) is 10.1 Å². The number of hydrazone groups is 1. The molecule has 0 saturated heterocycles. The van der Waals surface area contributed by atoms with Gasteiger partial charge in [0, 0.05) is 24.7 Å². The van der Waals surface area contributed by atoms with Crippen molar-refractivity contribution in [3.63, 3.8) is 0 Å². The van der Waals surface area contributed by atoms with Crippen LogP contribution in [-0.4, -0.2) is 55.0 Å². The molecule has 0 aliphatic carbocycles. The van der Waals surface area contributed by atoms with E-state index in [9.17, 15) is 23.3 Å². The number of sulfonamides is 1. The predicted molar refractivity (Wildman–Crippen MR) is 157 cm³/mol. The first-order chi connectivity index (χ1) is 19.2. The third-order valence-corrected chi connectivity index (χ3v) is 9.61. The van der Waals surface area contributed by atoms with E-state index in [4.69, 9.17) is 4.74 Å². The number of methoxy groups -OCH3 is 1. The van der Waals surface area contributed by atoms with E-state index in [1.54, 1.807) is 25.3 Å². The van der Waals surface area contributed by atoms with Gasteiger partial charge in [0.15, 0.2) is 0 Å². The first-order valence-corrected chi connectivity index (χ1v) is 15.4. The fraction of sp³-hybridized carbons (Fsp3) is 0.269. The minimum absolute atomic E-state index is 0.0524. The van der Waals surface area contributed by atoms with Gasteiger partial charge < -0.3 is 4.74 Å². The van der Waals surface area contributed by atoms with Crippen LogP contribution in [0.25, 0.3) is 10.2 Å². The van der Waals surface area contributed by atoms with Crippen molar-refractivity contribution in [2.45, 2.75) is 31.6 Å². The summed E-state index contributed by atoms with van der Waals surface area (Å²) in [5, 5.41) is 16.7. The monoisotopic (exact) mass is 601 g/mol. The number of fused-ring (bicyclic) bond motifs is 1. The predicted octanol–water partition coefficient (Wildman–Crippen LogP) is 5.77. The van der Waals surface area contributed by atoms with Crippen LogP contribution in [0.15, 0.2) is 64.6 Å². The van der Waals surface area contributed by atoms with Gasteiger partial charge in [0.1, 0.15) is 5.75 Å². The molecular weight excluding hydrogens is 575 g/mol. The summed E-state index contributed by atoms with van der Waals surface area (Å²) >= 11 is 2.14. The Bertz CT molecular complexity index is 1640. The number of amides is 1. The Kier molecular flexibility index (Phi) is 9.25. The molecule has 14 heteroatoms. The topological polar surface area (TPSA) is 135 Å². The Balaban J connectivity index is 1.70. The average molecular weight is 602 g/mol. The number of anilines is 1. The van der Waals surface area contributed by atoms with Crippen molar-refractivity contribution < 1.29 is 22.9 Å². The van der Waals surface area contributed by atoms with Gasteiger partial charge in [-0.15, -0.1) is 0 Å². The third-order valence-electron chi connectivity index (χ3n) is 5.74. The highest BCUT2D eigenvalue weighted by atomic mass is 32.2. The van der Waals surface area contributed by atoms with Crippen molar-refractivity contribution in [3.8, 4) is 5.75 Å². The number of nitro groups is 1. The number of hydrogen-bond acceptors (Lipinski definition) is 10. The zero-order valence-corrected chi connectivity index (χ0v) is 24.5. The molecule has 0 spiro atoms. The molecule has 210 valence electrons. The van der Waals surface area contributed by atoms with Gasteiger partial charge >= 0.3 is 5.00 Å². The van der Waals surface area contributed by atoms with Crippen molar-refractivity contribution in [2.24, 2.45) is 5.10 Å². The summed E-state index contributed by atoms with van der Waals surface area (Å²) in [4.78, 5) is 29.4. The molecule has 0 aliphatic rings. The standard InChI is InChI=1S/C26H27N5O6S3/c1-4-14-29(15-5-2)40(35,36)21-10-6-18(7-11-21)25(32)30(27-17-20-9-13-24(38-20)31(33)34)26-28-22-12-8-19(37-3)16-23(22)39-26/h6-13,16-17H,4-5,14-15H2,1-3H3/b27-17+. The van der Waals surface area contributed by atoms with Gasteiger partial charge in [-0.3, -0.25) is 14.9 Å². The van der Waals surface area contributed by atoms with E-state index >= 15 is 0 Å². The number of hydrogen-bond donors (Lipinski definition) is 0. The highest BCUT2D eigenvalue weighted by molar-refractivity contribution is 7.89. The molecule has 0 fully saturated rings. The molecule has 2 aromatic carbocycles. The van der Waals surface area contributed by atoms with E-state index in [1.807, 2.05) is 13.8 Å². The summed E-state index contributed by atoms with van der Waals surface area (Å²) in [6, 6.07) is 13.9. The number of thiazole rings is 1. The number of rotatable bonds is 12. The normalized spacial score (nSPS) is 11.9. The van der Waals surface area contributed by atoms with Gasteiger partial charge in [-0.05, 0) is 61.4 Å². The number of thiophene rings is 1. The lowest BCUT2D eigenvalue weighted by atomic mass is 10.2. The summed E-state index contributed by atoms with van der Waals surface area (Å²) in [5.41, 5.74) is 0.830. The summed E-state index contributed by atoms with van der Waals surface area (Å²) in [6.45, 7) is 4.65. The fourth-order valence-corrected chi connectivity index (χ4v) is 7.08. The maximum Gasteiger partial charge on any atom is 0.324 e. The average Bonchev–Trinajstić information content (AvgIpc) is 3.60. The lowest BCUT2D eigenvalue weighted by Crippen LogP contribution is -2.32. The number of nitrogens with zero attached hydrogens (tertiary/aromatic N) is 5. The number of carbonyl (C=O) groups is 1. The molecule has 0 saturated carbocycles. The van der Waals surface area contributed by atoms with E-state index in [-0.39, 0.29) is 20.6 Å². The zero-order valence-electron chi connectivity index (χ0n) is 22.0. The van der Waals surface area contributed by atoms with Crippen molar-refractivity contribution in [3.05, 3.63) is 75.2 Å². The highest BCUT2D eigenvalue weighted by Crippen LogP contribution is 2.33. The zero-order chi connectivity index (χ0) is 28.9. The molecule has 0 atom stereocenters. The van der Waals surface area contributed by atoms with Crippen LogP contribution in [-0.2, 0) is 10.0 Å². The Morgan fingerprint density at radius 2 is 1.77 bits per heavy atom. The third kappa shape index (κ3) is 6.36. The van der Waals surface area contributed by atoms with Crippen LogP contribution < -0.4 is 9.75 Å². The molecular formula is C26H27N5O6S3. The molecule has 1 amide bonds. The molecule has 40 heavy (non-hydrogen) atoms. The number of carbonyl (C=O) groups excluding carboxylic acids is 1. The van der Waals surface area contributed by atoms with Gasteiger partial charge in [0.05, 0.1) is 38.2 Å². The highest BCUT2D eigenvalue weighted by Gasteiger charge is 2.25. The fourth-order valence-electron chi connectivity index (χ4n) is 3.82. The lowest BCUT2D eigenvalue weighted by molar-refractivity contribution is -0.380. The summed E-state index contributed by atoms with van der Waals surface area (Å²) in [6.07, 6.45) is 2.73. The Morgan fingerprint density at radius 3 is 2.38 bits per heavy atom. The van der Waals surface area contributed by atoms with Gasteiger partial charge in [-0.1, -0.05) is 36.5 Å². The Labute approximate surface area is 239 Å². The van der Waals surface area contributed by atoms with Crippen molar-refractivity contribution in [2.75, 3.05) is 25.2 Å². The van der Waals surface area contributed by atoms with E-state index in [1.165, 1.54) is 58.3 Å². The van der Waals surface area contributed by atoms with Gasteiger partial charge in [0.2, 0.25) is 15.2 Å². The quantitative estimate of drug-likeness (QED) is 0.114. The van der Waals surface area contributed by atoms with Crippen LogP contribution >= 0.6 is 22.7 Å². The molecule has 4 rings (SSSR count). The van der Waals surface area contributed by atoms with Crippen molar-refractivity contribution in [1.82, 2.24) is 9.29 Å². The molecule has 11 nitrogen and oxygen atoms in total. The van der Waals surface area contributed by atoms with Crippen LogP contribution in [0, 0.1) is 10.1 Å². The van der Waals surface area contributed by atoms with Crippen LogP contribution in [0.2, 0.25) is 0 Å². The second-order valence-electron chi connectivity index (χ2n) is 8.55. The number of aromatic nitrogens is 1. The second kappa shape index (κ2) is 12.6. The van der Waals surface area contributed by atoms with E-state index < -0.39 is 20.9 Å². The Morgan fingerprint density at radius 1 is 1.07 bits per heavy atom. The summed E-state index contributed by atoms with van der Waals surface area (Å²) in [5.74, 6) is 0.0863. The summed E-state index contributed by atoms with van der Waals surface area (Å²) in [7, 11) is -2.16. The molecule has 0 bridgehead atoms. The SMILES string of the molecule is CCCN(CCC)S(=O)(=O)c1ccc(C(=O)N(/N=C/c2ccc([N+](=O)[O-])s2)c2nc3ccc(OC)cc3s2)cc1. The Hall–Kier alpha value is -3.72. The van der Waals surface area contributed by atoms with E-state index in [0.29, 0.717) is 42.1 Å². The van der Waals surface area contributed by atoms with Crippen molar-refractivity contribution >= 4 is 65.2 Å². The molecule has 0 aliphatic heterocycles. The van der Waals surface area contributed by atoms with Crippen molar-refractivity contribution in [1.29, 1.82) is 0 Å². The van der Waals surface area contributed by atoms with Crippen LogP contribution in [0.3, 0.4) is 0 Å². The molecule has 0 N–H and O–H groups in total. The first kappa shape index (κ1) is 29.3. The summed E-state index contributed by atoms with van der Waals surface area (Å²) < 4.78 is 33.8. The van der Waals surface area contributed by atoms with Gasteiger partial charge in [-0.25, -0.2) is 13.4 Å². The molecule has 0 unspecified atom stereocenters. The minimum Gasteiger partial charge on any atom is -0.497 e. The minimum atomic E-state index is -3.71. The molecule has 4 aromatic rings. The second-order valence-corrected chi connectivity index (χ2v) is 12.6. The molecule has 2 heterocycles. The van der Waals surface area contributed by atoms with Gasteiger partial charge in [-0.2, -0.15) is 14.4 Å². The van der Waals surface area contributed by atoms with E-state index in [2.05, 4.69) is 10.1 Å². The maximum absolute atomic E-state index is 13.7. The first-order valence-electron chi connectivity index (χ1n) is 12.3. The lowest BCUT2D eigenvalue weighted by Gasteiger charge is -2.21. The molecule has 0 radical (unpaired) electrons. The smallest absolute Gasteiger partial charge is 0.324 e. The van der Waals surface area contributed by atoms with E-state index in [0.717, 1.165) is 21.0 Å². The molecule has 2 aromatic heterocycles.